The molecule has 2 N–H and O–H groups in total. The number of hydrogen-bond donors (Lipinski definition) is 1. The van der Waals surface area contributed by atoms with Crippen molar-refractivity contribution in [3.63, 3.8) is 0 Å². The highest BCUT2D eigenvalue weighted by Gasteiger charge is 2.56. The molecule has 19 heavy (non-hydrogen) atoms. The van der Waals surface area contributed by atoms with Gasteiger partial charge in [0.1, 0.15) is 10.6 Å². The van der Waals surface area contributed by atoms with E-state index in [1.165, 1.54) is 38.3 Å². The first-order valence-electron chi connectivity index (χ1n) is 5.97. The number of aliphatic imine (C=N–C) groups is 1. The van der Waals surface area contributed by atoms with E-state index in [1.807, 2.05) is 0 Å². The van der Waals surface area contributed by atoms with Crippen LogP contribution in [0.2, 0.25) is 0 Å². The maximum atomic E-state index is 14.0. The van der Waals surface area contributed by atoms with Gasteiger partial charge in [-0.2, -0.15) is 0 Å². The fourth-order valence-corrected chi connectivity index (χ4v) is 4.31. The molecule has 1 heterocycles. The molecule has 4 nitrogen and oxygen atoms in total. The second-order valence-corrected chi connectivity index (χ2v) is 8.07. The van der Waals surface area contributed by atoms with Crippen LogP contribution in [-0.4, -0.2) is 25.4 Å². The smallest absolute Gasteiger partial charge is 0.185 e. The van der Waals surface area contributed by atoms with Gasteiger partial charge in [-0.05, 0) is 26.8 Å². The third-order valence-electron chi connectivity index (χ3n) is 3.66. The van der Waals surface area contributed by atoms with Crippen LogP contribution in [0.25, 0.3) is 0 Å². The molecular formula is C13H17FN2O2S. The number of rotatable bonds is 1. The van der Waals surface area contributed by atoms with Gasteiger partial charge in [-0.15, -0.1) is 0 Å². The lowest BCUT2D eigenvalue weighted by atomic mass is 9.99. The van der Waals surface area contributed by atoms with Gasteiger partial charge in [-0.1, -0.05) is 18.2 Å². The summed E-state index contributed by atoms with van der Waals surface area (Å²) in [5, 5.41) is 0. The highest BCUT2D eigenvalue weighted by Crippen LogP contribution is 2.40. The highest BCUT2D eigenvalue weighted by molar-refractivity contribution is 7.94. The Bertz CT molecular complexity index is 640. The molecule has 0 amide bonds. The van der Waals surface area contributed by atoms with E-state index in [9.17, 15) is 12.8 Å². The number of sulfone groups is 1. The molecule has 0 aromatic heterocycles. The van der Waals surface area contributed by atoms with Gasteiger partial charge in [-0.25, -0.2) is 12.8 Å². The van der Waals surface area contributed by atoms with E-state index in [4.69, 9.17) is 5.73 Å². The van der Waals surface area contributed by atoms with Gasteiger partial charge in [0.15, 0.2) is 14.7 Å². The zero-order chi connectivity index (χ0) is 14.5. The monoisotopic (exact) mass is 284 g/mol. The minimum absolute atomic E-state index is 0.0348. The molecule has 104 valence electrons. The van der Waals surface area contributed by atoms with E-state index in [2.05, 4.69) is 4.99 Å². The predicted molar refractivity (Wildman–Crippen MR) is 73.2 cm³/mol. The van der Waals surface area contributed by atoms with Crippen LogP contribution in [0.5, 0.6) is 0 Å². The van der Waals surface area contributed by atoms with Crippen molar-refractivity contribution in [3.05, 3.63) is 35.6 Å². The van der Waals surface area contributed by atoms with Crippen molar-refractivity contribution in [2.45, 2.75) is 36.4 Å². The van der Waals surface area contributed by atoms with Crippen molar-refractivity contribution < 1.29 is 12.8 Å². The largest absolute Gasteiger partial charge is 0.307 e. The summed E-state index contributed by atoms with van der Waals surface area (Å²) in [6, 6.07) is 4.93. The van der Waals surface area contributed by atoms with Crippen LogP contribution < -0.4 is 5.73 Å². The normalized spacial score (nSPS) is 32.2. The standard InChI is InChI=1S/C13H17FN2O2S/c1-9-13(15,10-6-4-5-7-11(10)14)19(17,18)12(2,3)8-16-9/h4-9H,15H2,1-3H3. The van der Waals surface area contributed by atoms with Crippen LogP contribution in [0, 0.1) is 5.82 Å². The molecule has 0 fully saturated rings. The summed E-state index contributed by atoms with van der Waals surface area (Å²) in [5.74, 6) is -0.631. The molecule has 1 aromatic rings. The van der Waals surface area contributed by atoms with Gasteiger partial charge < -0.3 is 5.73 Å². The van der Waals surface area contributed by atoms with E-state index < -0.39 is 31.3 Å². The molecule has 0 bridgehead atoms. The Kier molecular flexibility index (Phi) is 3.06. The van der Waals surface area contributed by atoms with Crippen LogP contribution in [0.3, 0.4) is 0 Å². The van der Waals surface area contributed by atoms with Crippen molar-refractivity contribution in [3.8, 4) is 0 Å². The molecule has 6 heteroatoms. The Hall–Kier alpha value is -1.27. The molecule has 2 rings (SSSR count). The minimum Gasteiger partial charge on any atom is -0.307 e. The van der Waals surface area contributed by atoms with Gasteiger partial charge in [0.05, 0.1) is 6.04 Å². The van der Waals surface area contributed by atoms with E-state index in [1.54, 1.807) is 13.0 Å². The number of halogens is 1. The topological polar surface area (TPSA) is 72.5 Å². The molecule has 0 aliphatic carbocycles. The van der Waals surface area contributed by atoms with Crippen LogP contribution in [-0.2, 0) is 14.7 Å². The Morgan fingerprint density at radius 3 is 2.47 bits per heavy atom. The second kappa shape index (κ2) is 4.11. The van der Waals surface area contributed by atoms with Crippen molar-refractivity contribution in [2.24, 2.45) is 10.7 Å². The number of benzene rings is 1. The molecule has 1 aliphatic heterocycles. The SMILES string of the molecule is CC1N=CC(C)(C)S(=O)(=O)C1(N)c1ccccc1F. The molecule has 0 saturated heterocycles. The predicted octanol–water partition coefficient (Wildman–Crippen LogP) is 1.60. The Labute approximate surface area is 112 Å². The van der Waals surface area contributed by atoms with Gasteiger partial charge in [0.2, 0.25) is 0 Å². The molecular weight excluding hydrogens is 267 g/mol. The van der Waals surface area contributed by atoms with Crippen molar-refractivity contribution >= 4 is 16.1 Å². The zero-order valence-corrected chi connectivity index (χ0v) is 11.9. The summed E-state index contributed by atoms with van der Waals surface area (Å²) in [4.78, 5) is 2.30. The molecule has 1 aliphatic rings. The van der Waals surface area contributed by atoms with Gasteiger partial charge in [0, 0.05) is 11.8 Å². The summed E-state index contributed by atoms with van der Waals surface area (Å²) < 4.78 is 38.2. The van der Waals surface area contributed by atoms with E-state index in [-0.39, 0.29) is 5.56 Å². The summed E-state index contributed by atoms with van der Waals surface area (Å²) in [6.07, 6.45) is 1.37. The Morgan fingerprint density at radius 2 is 1.89 bits per heavy atom. The third-order valence-corrected chi connectivity index (χ3v) is 6.60. The summed E-state index contributed by atoms with van der Waals surface area (Å²) >= 11 is 0. The lowest BCUT2D eigenvalue weighted by molar-refractivity contribution is 0.434. The molecule has 2 atom stereocenters. The quantitative estimate of drug-likeness (QED) is 0.851. The maximum absolute atomic E-state index is 14.0. The fraction of sp³-hybridized carbons (Fsp3) is 0.462. The minimum atomic E-state index is -3.84. The Morgan fingerprint density at radius 1 is 1.32 bits per heavy atom. The first-order valence-corrected chi connectivity index (χ1v) is 7.45. The van der Waals surface area contributed by atoms with Gasteiger partial charge in [-0.3, -0.25) is 4.99 Å². The maximum Gasteiger partial charge on any atom is 0.185 e. The van der Waals surface area contributed by atoms with Crippen LogP contribution >= 0.6 is 0 Å². The third kappa shape index (κ3) is 1.74. The Balaban J connectivity index is 2.79. The van der Waals surface area contributed by atoms with E-state index in [0.717, 1.165) is 0 Å². The van der Waals surface area contributed by atoms with Crippen LogP contribution in [0.1, 0.15) is 26.3 Å². The lowest BCUT2D eigenvalue weighted by Gasteiger charge is -2.42. The average molecular weight is 284 g/mol. The van der Waals surface area contributed by atoms with Crippen LogP contribution in [0.15, 0.2) is 29.3 Å². The first kappa shape index (κ1) is 14.1. The summed E-state index contributed by atoms with van der Waals surface area (Å²) in [5.41, 5.74) is 6.10. The molecule has 0 radical (unpaired) electrons. The fourth-order valence-electron chi connectivity index (χ4n) is 2.28. The van der Waals surface area contributed by atoms with Crippen LogP contribution in [0.4, 0.5) is 4.39 Å². The molecule has 0 saturated carbocycles. The van der Waals surface area contributed by atoms with Crippen molar-refractivity contribution in [1.82, 2.24) is 0 Å². The van der Waals surface area contributed by atoms with E-state index >= 15 is 0 Å². The van der Waals surface area contributed by atoms with Crippen molar-refractivity contribution in [2.75, 3.05) is 0 Å². The van der Waals surface area contributed by atoms with Gasteiger partial charge in [0.25, 0.3) is 0 Å². The molecule has 2 unspecified atom stereocenters. The first-order chi connectivity index (χ1) is 8.64. The number of nitrogens with two attached hydrogens (primary N) is 1. The lowest BCUT2D eigenvalue weighted by Crippen LogP contribution is -2.62. The second-order valence-electron chi connectivity index (χ2n) is 5.33. The number of hydrogen-bond acceptors (Lipinski definition) is 4. The molecule has 1 aromatic carbocycles. The molecule has 0 spiro atoms. The van der Waals surface area contributed by atoms with Gasteiger partial charge >= 0.3 is 0 Å². The highest BCUT2D eigenvalue weighted by atomic mass is 32.2. The van der Waals surface area contributed by atoms with Crippen molar-refractivity contribution in [1.29, 1.82) is 0 Å². The summed E-state index contributed by atoms with van der Waals surface area (Å²) in [6.45, 7) is 4.61. The number of nitrogens with zero attached hydrogens (tertiary/aromatic N) is 1. The zero-order valence-electron chi connectivity index (χ0n) is 11.1. The summed E-state index contributed by atoms with van der Waals surface area (Å²) in [7, 11) is -3.84. The average Bonchev–Trinajstić information content (AvgIpc) is 2.33. The van der Waals surface area contributed by atoms with E-state index in [0.29, 0.717) is 0 Å².